The summed E-state index contributed by atoms with van der Waals surface area (Å²) < 4.78 is 43.6. The fourth-order valence-electron chi connectivity index (χ4n) is 2.78. The Hall–Kier alpha value is -2.68. The molecule has 1 atom stereocenters. The van der Waals surface area contributed by atoms with E-state index in [-0.39, 0.29) is 23.4 Å². The number of aromatic nitrogens is 2. The number of aryl methyl sites for hydroxylation is 2. The van der Waals surface area contributed by atoms with Gasteiger partial charge in [0.1, 0.15) is 4.83 Å². The Bertz CT molecular complexity index is 1100. The highest BCUT2D eigenvalue weighted by molar-refractivity contribution is 7.18. The van der Waals surface area contributed by atoms with Gasteiger partial charge in [0.15, 0.2) is 11.9 Å². The third-order valence-corrected chi connectivity index (χ3v) is 5.45. The van der Waals surface area contributed by atoms with E-state index < -0.39 is 23.8 Å². The molecule has 3 rings (SSSR count). The summed E-state index contributed by atoms with van der Waals surface area (Å²) in [6.07, 6.45) is -5.65. The normalized spacial score (nSPS) is 12.9. The molecule has 0 aliphatic heterocycles. The second-order valence-electron chi connectivity index (χ2n) is 6.42. The average molecular weight is 410 g/mol. The SMILES string of the molecule is Cc1sc2nc([C@@H](C)OC(=O)Cc3cccc(C(F)(F)F)c3)[nH]c(=O)c2c1C. The molecule has 2 heterocycles. The van der Waals surface area contributed by atoms with Gasteiger partial charge in [-0.15, -0.1) is 11.3 Å². The maximum absolute atomic E-state index is 12.8. The fourth-order valence-corrected chi connectivity index (χ4v) is 3.82. The Morgan fingerprint density at radius 3 is 2.71 bits per heavy atom. The number of benzene rings is 1. The second kappa shape index (κ2) is 7.38. The van der Waals surface area contributed by atoms with Gasteiger partial charge in [0.05, 0.1) is 17.4 Å². The molecular formula is C19H17F3N2O3S. The molecule has 2 aromatic heterocycles. The largest absolute Gasteiger partial charge is 0.454 e. The summed E-state index contributed by atoms with van der Waals surface area (Å²) in [7, 11) is 0. The smallest absolute Gasteiger partial charge is 0.416 e. The maximum atomic E-state index is 12.8. The van der Waals surface area contributed by atoms with Crippen LogP contribution in [-0.4, -0.2) is 15.9 Å². The van der Waals surface area contributed by atoms with E-state index in [2.05, 4.69) is 9.97 Å². The molecule has 9 heteroatoms. The Morgan fingerprint density at radius 2 is 2.04 bits per heavy atom. The predicted molar refractivity (Wildman–Crippen MR) is 99.4 cm³/mol. The Labute approximate surface area is 162 Å². The van der Waals surface area contributed by atoms with E-state index in [0.29, 0.717) is 10.2 Å². The summed E-state index contributed by atoms with van der Waals surface area (Å²) >= 11 is 1.37. The molecule has 0 saturated heterocycles. The molecule has 148 valence electrons. The molecular weight excluding hydrogens is 393 g/mol. The molecule has 0 unspecified atom stereocenters. The number of thiophene rings is 1. The van der Waals surface area contributed by atoms with Gasteiger partial charge >= 0.3 is 12.1 Å². The van der Waals surface area contributed by atoms with Crippen LogP contribution in [0.2, 0.25) is 0 Å². The van der Waals surface area contributed by atoms with E-state index in [1.54, 1.807) is 6.92 Å². The number of alkyl halides is 3. The van der Waals surface area contributed by atoms with Gasteiger partial charge in [-0.3, -0.25) is 9.59 Å². The first-order valence-corrected chi connectivity index (χ1v) is 9.23. The van der Waals surface area contributed by atoms with Crippen molar-refractivity contribution in [2.75, 3.05) is 0 Å². The highest BCUT2D eigenvalue weighted by Crippen LogP contribution is 2.30. The summed E-state index contributed by atoms with van der Waals surface area (Å²) in [4.78, 5) is 33.0. The van der Waals surface area contributed by atoms with Gasteiger partial charge in [-0.1, -0.05) is 18.2 Å². The molecule has 5 nitrogen and oxygen atoms in total. The number of nitrogens with one attached hydrogen (secondary N) is 1. The maximum Gasteiger partial charge on any atom is 0.416 e. The number of ether oxygens (including phenoxy) is 1. The Balaban J connectivity index is 1.76. The van der Waals surface area contributed by atoms with Crippen LogP contribution in [0.5, 0.6) is 0 Å². The number of esters is 1. The number of nitrogens with zero attached hydrogens (tertiary/aromatic N) is 1. The van der Waals surface area contributed by atoms with E-state index in [0.717, 1.165) is 22.6 Å². The van der Waals surface area contributed by atoms with Gasteiger partial charge in [0.25, 0.3) is 5.56 Å². The molecule has 0 bridgehead atoms. The van der Waals surface area contributed by atoms with E-state index in [9.17, 15) is 22.8 Å². The molecule has 0 aliphatic carbocycles. The summed E-state index contributed by atoms with van der Waals surface area (Å²) in [5.74, 6) is -0.524. The van der Waals surface area contributed by atoms with Crippen LogP contribution in [0, 0.1) is 13.8 Å². The Kier molecular flexibility index (Phi) is 5.29. The average Bonchev–Trinajstić information content (AvgIpc) is 2.88. The zero-order chi connectivity index (χ0) is 20.6. The number of rotatable bonds is 4. The van der Waals surface area contributed by atoms with Crippen molar-refractivity contribution >= 4 is 27.5 Å². The van der Waals surface area contributed by atoms with Crippen LogP contribution >= 0.6 is 11.3 Å². The molecule has 0 spiro atoms. The number of hydrogen-bond acceptors (Lipinski definition) is 5. The van der Waals surface area contributed by atoms with E-state index >= 15 is 0 Å². The first-order chi connectivity index (χ1) is 13.1. The van der Waals surface area contributed by atoms with Crippen molar-refractivity contribution in [3.8, 4) is 0 Å². The lowest BCUT2D eigenvalue weighted by atomic mass is 10.1. The highest BCUT2D eigenvalue weighted by atomic mass is 32.1. The van der Waals surface area contributed by atoms with Gasteiger partial charge in [-0.05, 0) is 38.0 Å². The first kappa shape index (κ1) is 20.1. The Morgan fingerprint density at radius 1 is 1.32 bits per heavy atom. The monoisotopic (exact) mass is 410 g/mol. The second-order valence-corrected chi connectivity index (χ2v) is 7.62. The first-order valence-electron chi connectivity index (χ1n) is 8.41. The number of H-pyrrole nitrogens is 1. The summed E-state index contributed by atoms with van der Waals surface area (Å²) in [6.45, 7) is 5.27. The third-order valence-electron chi connectivity index (χ3n) is 4.35. The standard InChI is InChI=1S/C19H17F3N2O3S/c1-9-11(3)28-18-15(9)17(26)23-16(24-18)10(2)27-14(25)8-12-5-4-6-13(7-12)19(20,21)22/h4-7,10H,8H2,1-3H3,(H,23,24,26)/t10-/m1/s1. The molecule has 28 heavy (non-hydrogen) atoms. The molecule has 1 aromatic carbocycles. The quantitative estimate of drug-likeness (QED) is 0.645. The number of aromatic amines is 1. The van der Waals surface area contributed by atoms with Gasteiger partial charge < -0.3 is 9.72 Å². The zero-order valence-corrected chi connectivity index (χ0v) is 16.1. The van der Waals surface area contributed by atoms with Crippen LogP contribution in [0.3, 0.4) is 0 Å². The fraction of sp³-hybridized carbons (Fsp3) is 0.316. The van der Waals surface area contributed by atoms with Crippen molar-refractivity contribution in [3.63, 3.8) is 0 Å². The highest BCUT2D eigenvalue weighted by Gasteiger charge is 2.30. The number of halogens is 3. The van der Waals surface area contributed by atoms with Crippen molar-refractivity contribution < 1.29 is 22.7 Å². The van der Waals surface area contributed by atoms with Gasteiger partial charge in [-0.2, -0.15) is 13.2 Å². The molecule has 1 N–H and O–H groups in total. The van der Waals surface area contributed by atoms with Crippen molar-refractivity contribution in [1.82, 2.24) is 9.97 Å². The molecule has 0 aliphatic rings. The summed E-state index contributed by atoms with van der Waals surface area (Å²) in [6, 6.07) is 4.51. The molecule has 0 amide bonds. The van der Waals surface area contributed by atoms with Crippen molar-refractivity contribution in [2.45, 2.75) is 39.5 Å². The summed E-state index contributed by atoms with van der Waals surface area (Å²) in [5, 5.41) is 0.508. The van der Waals surface area contributed by atoms with Gasteiger partial charge in [-0.25, -0.2) is 4.98 Å². The van der Waals surface area contributed by atoms with E-state index in [1.807, 2.05) is 13.8 Å². The minimum atomic E-state index is -4.48. The third kappa shape index (κ3) is 4.09. The van der Waals surface area contributed by atoms with E-state index in [4.69, 9.17) is 4.74 Å². The number of hydrogen-bond donors (Lipinski definition) is 1. The van der Waals surface area contributed by atoms with Gasteiger partial charge in [0.2, 0.25) is 0 Å². The minimum absolute atomic E-state index is 0.188. The van der Waals surface area contributed by atoms with Crippen LogP contribution < -0.4 is 5.56 Å². The number of carbonyl (C=O) groups is 1. The minimum Gasteiger partial charge on any atom is -0.454 e. The van der Waals surface area contributed by atoms with Crippen molar-refractivity contribution in [1.29, 1.82) is 0 Å². The zero-order valence-electron chi connectivity index (χ0n) is 15.3. The topological polar surface area (TPSA) is 72.0 Å². The van der Waals surface area contributed by atoms with Crippen LogP contribution in [0.1, 0.15) is 40.4 Å². The molecule has 3 aromatic rings. The van der Waals surface area contributed by atoms with Crippen LogP contribution in [-0.2, 0) is 22.1 Å². The molecule has 0 saturated carbocycles. The lowest BCUT2D eigenvalue weighted by Gasteiger charge is -2.13. The van der Waals surface area contributed by atoms with Crippen molar-refractivity contribution in [2.24, 2.45) is 0 Å². The molecule has 0 fully saturated rings. The predicted octanol–water partition coefficient (Wildman–Crippen LogP) is 4.47. The lowest BCUT2D eigenvalue weighted by Crippen LogP contribution is -2.18. The van der Waals surface area contributed by atoms with Crippen LogP contribution in [0.4, 0.5) is 13.2 Å². The van der Waals surface area contributed by atoms with E-state index in [1.165, 1.54) is 23.5 Å². The lowest BCUT2D eigenvalue weighted by molar-refractivity contribution is -0.148. The van der Waals surface area contributed by atoms with Crippen LogP contribution in [0.15, 0.2) is 29.1 Å². The van der Waals surface area contributed by atoms with Crippen LogP contribution in [0.25, 0.3) is 10.2 Å². The van der Waals surface area contributed by atoms with Gasteiger partial charge in [0, 0.05) is 4.88 Å². The molecule has 0 radical (unpaired) electrons. The van der Waals surface area contributed by atoms with Crippen molar-refractivity contribution in [3.05, 3.63) is 62.0 Å². The number of carbonyl (C=O) groups excluding carboxylic acids is 1. The summed E-state index contributed by atoms with van der Waals surface area (Å²) in [5.41, 5.74) is -0.101. The number of fused-ring (bicyclic) bond motifs is 1.